The Kier molecular flexibility index (Phi) is 4.25. The monoisotopic (exact) mass is 277 g/mol. The highest BCUT2D eigenvalue weighted by Crippen LogP contribution is 2.22. The Hall–Kier alpha value is -1.66. The van der Waals surface area contributed by atoms with Crippen molar-refractivity contribution in [3.63, 3.8) is 0 Å². The summed E-state index contributed by atoms with van der Waals surface area (Å²) in [7, 11) is 4.12. The van der Waals surface area contributed by atoms with E-state index >= 15 is 0 Å². The summed E-state index contributed by atoms with van der Waals surface area (Å²) >= 11 is 0. The number of nitrogens with one attached hydrogen (secondary N) is 1. The maximum absolute atomic E-state index is 12.6. The summed E-state index contributed by atoms with van der Waals surface area (Å²) in [4.78, 5) is 20.9. The number of nitrogen functional groups attached to an aromatic ring is 1. The summed E-state index contributed by atoms with van der Waals surface area (Å²) in [6.45, 7) is 5.59. The highest BCUT2D eigenvalue weighted by molar-refractivity contribution is 5.95. The molecule has 0 radical (unpaired) electrons. The van der Waals surface area contributed by atoms with Crippen molar-refractivity contribution in [2.45, 2.75) is 19.9 Å². The molecular formula is C14H23N5O. The lowest BCUT2D eigenvalue weighted by Gasteiger charge is -2.22. The number of aryl methyl sites for hydroxylation is 1. The molecule has 1 amide bonds. The molecule has 2 unspecified atom stereocenters. The molecule has 6 nitrogen and oxygen atoms in total. The van der Waals surface area contributed by atoms with Gasteiger partial charge in [0.1, 0.15) is 5.82 Å². The van der Waals surface area contributed by atoms with Gasteiger partial charge in [-0.2, -0.15) is 0 Å². The third kappa shape index (κ3) is 2.91. The van der Waals surface area contributed by atoms with Gasteiger partial charge >= 0.3 is 0 Å². The number of likely N-dealkylation sites (tertiary alicyclic amines) is 1. The second-order valence-corrected chi connectivity index (χ2v) is 5.75. The normalized spacial score (nSPS) is 22.4. The van der Waals surface area contributed by atoms with E-state index in [1.165, 1.54) is 0 Å². The van der Waals surface area contributed by atoms with Crippen LogP contribution in [-0.2, 0) is 0 Å². The average molecular weight is 277 g/mol. The molecule has 110 valence electrons. The largest absolute Gasteiger partial charge is 0.337 e. The first kappa shape index (κ1) is 14.7. The molecule has 1 aromatic heterocycles. The Morgan fingerprint density at radius 1 is 1.45 bits per heavy atom. The summed E-state index contributed by atoms with van der Waals surface area (Å²) < 4.78 is 0. The summed E-state index contributed by atoms with van der Waals surface area (Å²) in [6.07, 6.45) is 0. The van der Waals surface area contributed by atoms with E-state index in [1.807, 2.05) is 11.8 Å². The number of carbonyl (C=O) groups is 1. The molecule has 3 N–H and O–H groups in total. The lowest BCUT2D eigenvalue weighted by molar-refractivity contribution is 0.0781. The van der Waals surface area contributed by atoms with Crippen LogP contribution in [0.2, 0.25) is 0 Å². The third-order valence-electron chi connectivity index (χ3n) is 3.87. The van der Waals surface area contributed by atoms with Gasteiger partial charge in [-0.3, -0.25) is 4.79 Å². The van der Waals surface area contributed by atoms with Gasteiger partial charge < -0.3 is 15.2 Å². The fraction of sp³-hybridized carbons (Fsp3) is 0.571. The standard InChI is InChI=1S/C14H23N5O/c1-9-7-19(8-12(9)18(3)4)14(20)11-5-10(2)16-13(6-11)17-15/h5-6,9,12H,7-8,15H2,1-4H3,(H,16,17). The smallest absolute Gasteiger partial charge is 0.254 e. The Bertz CT molecular complexity index is 502. The van der Waals surface area contributed by atoms with Gasteiger partial charge in [-0.15, -0.1) is 0 Å². The van der Waals surface area contributed by atoms with E-state index in [-0.39, 0.29) is 5.91 Å². The second-order valence-electron chi connectivity index (χ2n) is 5.75. The number of anilines is 1. The van der Waals surface area contributed by atoms with Crippen LogP contribution in [0.15, 0.2) is 12.1 Å². The molecule has 0 bridgehead atoms. The molecule has 0 aromatic carbocycles. The van der Waals surface area contributed by atoms with Gasteiger partial charge in [0.05, 0.1) is 0 Å². The van der Waals surface area contributed by atoms with Crippen LogP contribution in [0, 0.1) is 12.8 Å². The SMILES string of the molecule is Cc1cc(C(=O)N2CC(C)C(N(C)C)C2)cc(NN)n1. The molecular weight excluding hydrogens is 254 g/mol. The van der Waals surface area contributed by atoms with Gasteiger partial charge in [-0.25, -0.2) is 10.8 Å². The molecule has 1 aliphatic heterocycles. The summed E-state index contributed by atoms with van der Waals surface area (Å²) in [5.74, 6) is 6.42. The van der Waals surface area contributed by atoms with E-state index in [2.05, 4.69) is 36.3 Å². The van der Waals surface area contributed by atoms with Crippen molar-refractivity contribution in [2.75, 3.05) is 32.6 Å². The summed E-state index contributed by atoms with van der Waals surface area (Å²) in [6, 6.07) is 3.91. The number of nitrogens with two attached hydrogens (primary N) is 1. The maximum Gasteiger partial charge on any atom is 0.254 e. The highest BCUT2D eigenvalue weighted by atomic mass is 16.2. The molecule has 1 fully saturated rings. The molecule has 6 heteroatoms. The fourth-order valence-electron chi connectivity index (χ4n) is 2.84. The summed E-state index contributed by atoms with van der Waals surface area (Å²) in [5.41, 5.74) is 3.91. The fourth-order valence-corrected chi connectivity index (χ4v) is 2.84. The van der Waals surface area contributed by atoms with E-state index in [9.17, 15) is 4.79 Å². The van der Waals surface area contributed by atoms with Crippen LogP contribution in [-0.4, -0.2) is 53.9 Å². The van der Waals surface area contributed by atoms with Crippen LogP contribution in [0.5, 0.6) is 0 Å². The van der Waals surface area contributed by atoms with Crippen LogP contribution >= 0.6 is 0 Å². The number of aromatic nitrogens is 1. The topological polar surface area (TPSA) is 74.5 Å². The summed E-state index contributed by atoms with van der Waals surface area (Å²) in [5, 5.41) is 0. The number of rotatable bonds is 3. The van der Waals surface area contributed by atoms with E-state index in [0.29, 0.717) is 23.3 Å². The van der Waals surface area contributed by atoms with Crippen molar-refractivity contribution in [3.8, 4) is 0 Å². The minimum Gasteiger partial charge on any atom is -0.337 e. The second kappa shape index (κ2) is 5.76. The molecule has 2 heterocycles. The molecule has 20 heavy (non-hydrogen) atoms. The van der Waals surface area contributed by atoms with Crippen molar-refractivity contribution < 1.29 is 4.79 Å². The quantitative estimate of drug-likeness (QED) is 0.628. The van der Waals surface area contributed by atoms with Gasteiger partial charge in [0.15, 0.2) is 0 Å². The van der Waals surface area contributed by atoms with Crippen molar-refractivity contribution in [3.05, 3.63) is 23.4 Å². The molecule has 1 aromatic rings. The molecule has 0 aliphatic carbocycles. The average Bonchev–Trinajstić information content (AvgIpc) is 2.79. The first-order valence-corrected chi connectivity index (χ1v) is 6.83. The van der Waals surface area contributed by atoms with Crippen LogP contribution in [0.25, 0.3) is 0 Å². The minimum atomic E-state index is 0.0446. The number of hydrazine groups is 1. The van der Waals surface area contributed by atoms with Crippen LogP contribution in [0.4, 0.5) is 5.82 Å². The first-order chi connectivity index (χ1) is 9.42. The van der Waals surface area contributed by atoms with Gasteiger partial charge in [-0.1, -0.05) is 6.92 Å². The Balaban J connectivity index is 2.18. The molecule has 2 atom stereocenters. The number of carbonyl (C=O) groups excluding carboxylic acids is 1. The molecule has 1 aliphatic rings. The van der Waals surface area contributed by atoms with Crippen LogP contribution < -0.4 is 11.3 Å². The number of hydrogen-bond acceptors (Lipinski definition) is 5. The number of amides is 1. The Morgan fingerprint density at radius 2 is 2.15 bits per heavy atom. The van der Waals surface area contributed by atoms with Crippen LogP contribution in [0.3, 0.4) is 0 Å². The van der Waals surface area contributed by atoms with Crippen molar-refractivity contribution >= 4 is 11.7 Å². The van der Waals surface area contributed by atoms with Gasteiger partial charge in [0.2, 0.25) is 0 Å². The first-order valence-electron chi connectivity index (χ1n) is 6.83. The lowest BCUT2D eigenvalue weighted by atomic mass is 10.1. The van der Waals surface area contributed by atoms with E-state index in [1.54, 1.807) is 12.1 Å². The van der Waals surface area contributed by atoms with E-state index in [4.69, 9.17) is 5.84 Å². The minimum absolute atomic E-state index is 0.0446. The van der Waals surface area contributed by atoms with Gasteiger partial charge in [0.25, 0.3) is 5.91 Å². The molecule has 2 rings (SSSR count). The zero-order valence-corrected chi connectivity index (χ0v) is 12.6. The zero-order valence-electron chi connectivity index (χ0n) is 12.6. The van der Waals surface area contributed by atoms with Crippen molar-refractivity contribution in [1.29, 1.82) is 0 Å². The zero-order chi connectivity index (χ0) is 14.9. The highest BCUT2D eigenvalue weighted by Gasteiger charge is 2.34. The van der Waals surface area contributed by atoms with Crippen molar-refractivity contribution in [1.82, 2.24) is 14.8 Å². The lowest BCUT2D eigenvalue weighted by Crippen LogP contribution is -2.35. The van der Waals surface area contributed by atoms with Crippen LogP contribution in [0.1, 0.15) is 23.0 Å². The number of likely N-dealkylation sites (N-methyl/N-ethyl adjacent to an activating group) is 1. The van der Waals surface area contributed by atoms with Gasteiger partial charge in [0, 0.05) is 30.4 Å². The third-order valence-corrected chi connectivity index (χ3v) is 3.87. The molecule has 0 saturated carbocycles. The molecule has 1 saturated heterocycles. The predicted octanol–water partition coefficient (Wildman–Crippen LogP) is 0.698. The number of nitrogens with zero attached hydrogens (tertiary/aromatic N) is 3. The van der Waals surface area contributed by atoms with Crippen molar-refractivity contribution in [2.24, 2.45) is 11.8 Å². The Labute approximate surface area is 119 Å². The predicted molar refractivity (Wildman–Crippen MR) is 79.3 cm³/mol. The number of hydrogen-bond donors (Lipinski definition) is 2. The maximum atomic E-state index is 12.6. The Morgan fingerprint density at radius 3 is 2.70 bits per heavy atom. The van der Waals surface area contributed by atoms with E-state index < -0.39 is 0 Å². The molecule has 0 spiro atoms. The van der Waals surface area contributed by atoms with Gasteiger partial charge in [-0.05, 0) is 39.1 Å². The van der Waals surface area contributed by atoms with E-state index in [0.717, 1.165) is 18.8 Å². The number of pyridine rings is 1.